The highest BCUT2D eigenvalue weighted by Gasteiger charge is 2.05. The lowest BCUT2D eigenvalue weighted by Gasteiger charge is -2.11. The summed E-state index contributed by atoms with van der Waals surface area (Å²) in [5.74, 6) is 1.30. The van der Waals surface area contributed by atoms with Gasteiger partial charge in [-0.2, -0.15) is 15.0 Å². The molecule has 2 aromatic rings. The standard InChI is InChI=1S/C12H18N6S/c1-8-6-9(7-19-8)4-5-14-11-15-10(13)16-12(17-11)18(2)3/h6-7H,4-5H2,1-3H3,(H3,13,14,15,16,17). The number of thiophene rings is 1. The van der Waals surface area contributed by atoms with Crippen molar-refractivity contribution in [1.82, 2.24) is 15.0 Å². The number of rotatable bonds is 5. The summed E-state index contributed by atoms with van der Waals surface area (Å²) in [6.45, 7) is 2.88. The van der Waals surface area contributed by atoms with Crippen LogP contribution in [0.5, 0.6) is 0 Å². The van der Waals surface area contributed by atoms with Crippen molar-refractivity contribution in [3.05, 3.63) is 21.9 Å². The molecular formula is C12H18N6S. The maximum Gasteiger partial charge on any atom is 0.231 e. The largest absolute Gasteiger partial charge is 0.368 e. The van der Waals surface area contributed by atoms with Crippen LogP contribution in [0.15, 0.2) is 11.4 Å². The number of hydrogen-bond donors (Lipinski definition) is 2. The molecule has 0 atom stereocenters. The molecule has 0 unspecified atom stereocenters. The summed E-state index contributed by atoms with van der Waals surface area (Å²) in [4.78, 5) is 15.5. The quantitative estimate of drug-likeness (QED) is 0.863. The predicted octanol–water partition coefficient (Wildman–Crippen LogP) is 1.54. The van der Waals surface area contributed by atoms with E-state index in [1.54, 1.807) is 16.2 Å². The lowest BCUT2D eigenvalue weighted by atomic mass is 10.2. The van der Waals surface area contributed by atoms with Gasteiger partial charge in [-0.25, -0.2) is 0 Å². The van der Waals surface area contributed by atoms with Crippen LogP contribution in [-0.4, -0.2) is 35.6 Å². The predicted molar refractivity (Wildman–Crippen MR) is 79.8 cm³/mol. The van der Waals surface area contributed by atoms with Crippen molar-refractivity contribution in [3.63, 3.8) is 0 Å². The third-order valence-electron chi connectivity index (χ3n) is 2.52. The van der Waals surface area contributed by atoms with Crippen molar-refractivity contribution in [2.24, 2.45) is 0 Å². The molecule has 6 nitrogen and oxygen atoms in total. The molecule has 0 bridgehead atoms. The molecule has 19 heavy (non-hydrogen) atoms. The second kappa shape index (κ2) is 5.83. The van der Waals surface area contributed by atoms with E-state index in [0.717, 1.165) is 13.0 Å². The van der Waals surface area contributed by atoms with Crippen LogP contribution in [0.25, 0.3) is 0 Å². The van der Waals surface area contributed by atoms with Crippen molar-refractivity contribution in [3.8, 4) is 0 Å². The number of aryl methyl sites for hydroxylation is 1. The third kappa shape index (κ3) is 3.78. The summed E-state index contributed by atoms with van der Waals surface area (Å²) in [6, 6.07) is 2.19. The SMILES string of the molecule is Cc1cc(CCNc2nc(N)nc(N(C)C)n2)cs1. The molecule has 3 N–H and O–H groups in total. The number of nitrogen functional groups attached to an aromatic ring is 1. The van der Waals surface area contributed by atoms with Gasteiger partial charge in [0, 0.05) is 25.5 Å². The molecule has 2 rings (SSSR count). The van der Waals surface area contributed by atoms with Crippen LogP contribution >= 0.6 is 11.3 Å². The maximum absolute atomic E-state index is 5.66. The second-order valence-electron chi connectivity index (χ2n) is 4.45. The summed E-state index contributed by atoms with van der Waals surface area (Å²) in [5.41, 5.74) is 6.98. The average molecular weight is 278 g/mol. The Hall–Kier alpha value is -1.89. The van der Waals surface area contributed by atoms with Gasteiger partial charge in [-0.1, -0.05) is 0 Å². The van der Waals surface area contributed by atoms with Crippen LogP contribution < -0.4 is 16.0 Å². The fraction of sp³-hybridized carbons (Fsp3) is 0.417. The molecule has 0 spiro atoms. The smallest absolute Gasteiger partial charge is 0.231 e. The molecule has 7 heteroatoms. The summed E-state index contributed by atoms with van der Waals surface area (Å²) < 4.78 is 0. The van der Waals surface area contributed by atoms with Crippen molar-refractivity contribution in [2.45, 2.75) is 13.3 Å². The van der Waals surface area contributed by atoms with Gasteiger partial charge in [0.25, 0.3) is 0 Å². The fourth-order valence-corrected chi connectivity index (χ4v) is 2.35. The third-order valence-corrected chi connectivity index (χ3v) is 3.43. The highest BCUT2D eigenvalue weighted by Crippen LogP contribution is 2.14. The van der Waals surface area contributed by atoms with Crippen molar-refractivity contribution < 1.29 is 0 Å². The molecular weight excluding hydrogens is 260 g/mol. The van der Waals surface area contributed by atoms with Gasteiger partial charge in [-0.05, 0) is 30.4 Å². The van der Waals surface area contributed by atoms with E-state index in [0.29, 0.717) is 11.9 Å². The number of hydrogen-bond acceptors (Lipinski definition) is 7. The molecule has 0 saturated heterocycles. The van der Waals surface area contributed by atoms with E-state index in [-0.39, 0.29) is 5.95 Å². The zero-order valence-corrected chi connectivity index (χ0v) is 12.2. The molecule has 0 saturated carbocycles. The van der Waals surface area contributed by atoms with Gasteiger partial charge < -0.3 is 16.0 Å². The van der Waals surface area contributed by atoms with E-state index >= 15 is 0 Å². The highest BCUT2D eigenvalue weighted by molar-refractivity contribution is 7.10. The normalized spacial score (nSPS) is 10.5. The molecule has 2 heterocycles. The molecule has 102 valence electrons. The Balaban J connectivity index is 1.95. The topological polar surface area (TPSA) is 80.0 Å². The first-order valence-corrected chi connectivity index (χ1v) is 6.89. The molecule has 0 aromatic carbocycles. The van der Waals surface area contributed by atoms with Gasteiger partial charge in [-0.3, -0.25) is 0 Å². The monoisotopic (exact) mass is 278 g/mol. The zero-order valence-electron chi connectivity index (χ0n) is 11.3. The minimum atomic E-state index is 0.229. The Labute approximate surface area is 116 Å². The van der Waals surface area contributed by atoms with Crippen molar-refractivity contribution >= 4 is 29.2 Å². The number of nitrogens with two attached hydrogens (primary N) is 1. The van der Waals surface area contributed by atoms with E-state index in [9.17, 15) is 0 Å². The molecule has 0 aliphatic heterocycles. The first-order valence-electron chi connectivity index (χ1n) is 6.01. The van der Waals surface area contributed by atoms with E-state index in [1.807, 2.05) is 14.1 Å². The van der Waals surface area contributed by atoms with Crippen LogP contribution in [-0.2, 0) is 6.42 Å². The van der Waals surface area contributed by atoms with Gasteiger partial charge >= 0.3 is 0 Å². The average Bonchev–Trinajstić information content (AvgIpc) is 2.74. The van der Waals surface area contributed by atoms with Gasteiger partial charge in [0.1, 0.15) is 0 Å². The maximum atomic E-state index is 5.66. The summed E-state index contributed by atoms with van der Waals surface area (Å²) in [7, 11) is 3.74. The Morgan fingerprint density at radius 2 is 2.11 bits per heavy atom. The minimum absolute atomic E-state index is 0.229. The number of anilines is 3. The summed E-state index contributed by atoms with van der Waals surface area (Å²) in [6.07, 6.45) is 0.938. The van der Waals surface area contributed by atoms with Crippen LogP contribution in [0.2, 0.25) is 0 Å². The molecule has 0 fully saturated rings. The lowest BCUT2D eigenvalue weighted by Crippen LogP contribution is -2.17. The lowest BCUT2D eigenvalue weighted by molar-refractivity contribution is 0.936. The Kier molecular flexibility index (Phi) is 4.16. The van der Waals surface area contributed by atoms with E-state index < -0.39 is 0 Å². The Bertz CT molecular complexity index is 551. The van der Waals surface area contributed by atoms with Crippen LogP contribution in [0.1, 0.15) is 10.4 Å². The number of nitrogens with zero attached hydrogens (tertiary/aromatic N) is 4. The number of aromatic nitrogens is 3. The van der Waals surface area contributed by atoms with Gasteiger partial charge in [-0.15, -0.1) is 11.3 Å². The van der Waals surface area contributed by atoms with E-state index in [2.05, 4.69) is 38.6 Å². The highest BCUT2D eigenvalue weighted by atomic mass is 32.1. The first kappa shape index (κ1) is 13.5. The molecule has 0 aliphatic rings. The Morgan fingerprint density at radius 3 is 2.74 bits per heavy atom. The fourth-order valence-electron chi connectivity index (χ4n) is 1.61. The van der Waals surface area contributed by atoms with Gasteiger partial charge in [0.2, 0.25) is 17.8 Å². The van der Waals surface area contributed by atoms with Crippen LogP contribution in [0.3, 0.4) is 0 Å². The van der Waals surface area contributed by atoms with Crippen LogP contribution in [0, 0.1) is 6.92 Å². The van der Waals surface area contributed by atoms with E-state index in [4.69, 9.17) is 5.73 Å². The second-order valence-corrected chi connectivity index (χ2v) is 5.57. The first-order chi connectivity index (χ1) is 9.04. The van der Waals surface area contributed by atoms with Crippen molar-refractivity contribution in [1.29, 1.82) is 0 Å². The summed E-state index contributed by atoms with van der Waals surface area (Å²) >= 11 is 1.76. The zero-order chi connectivity index (χ0) is 13.8. The minimum Gasteiger partial charge on any atom is -0.368 e. The van der Waals surface area contributed by atoms with Crippen LogP contribution in [0.4, 0.5) is 17.8 Å². The Morgan fingerprint density at radius 1 is 1.32 bits per heavy atom. The molecule has 2 aromatic heterocycles. The van der Waals surface area contributed by atoms with Crippen molar-refractivity contribution in [2.75, 3.05) is 36.6 Å². The molecule has 0 radical (unpaired) electrons. The molecule has 0 amide bonds. The van der Waals surface area contributed by atoms with E-state index in [1.165, 1.54) is 10.4 Å². The number of nitrogens with one attached hydrogen (secondary N) is 1. The van der Waals surface area contributed by atoms with Gasteiger partial charge in [0.05, 0.1) is 0 Å². The molecule has 0 aliphatic carbocycles. The van der Waals surface area contributed by atoms with Gasteiger partial charge in [0.15, 0.2) is 0 Å². The summed E-state index contributed by atoms with van der Waals surface area (Å²) in [5, 5.41) is 5.34.